The average Bonchev–Trinajstić information content (AvgIpc) is 3.51. The van der Waals surface area contributed by atoms with Crippen molar-refractivity contribution in [1.29, 1.82) is 0 Å². The first-order valence-corrected chi connectivity index (χ1v) is 9.34. The lowest BCUT2D eigenvalue weighted by atomic mass is 9.95. The molecule has 130 valence electrons. The second-order valence-electron chi connectivity index (χ2n) is 8.35. The quantitative estimate of drug-likeness (QED) is 0.899. The van der Waals surface area contributed by atoms with Crippen LogP contribution in [0, 0.1) is 17.8 Å². The molecule has 1 aromatic carbocycles. The third-order valence-corrected chi connectivity index (χ3v) is 5.99. The maximum atomic E-state index is 12.8. The van der Waals surface area contributed by atoms with Gasteiger partial charge in [0, 0.05) is 17.2 Å². The van der Waals surface area contributed by atoms with Gasteiger partial charge in [-0.2, -0.15) is 0 Å². The highest BCUT2D eigenvalue weighted by Gasteiger charge is 2.57. The molecule has 3 fully saturated rings. The zero-order chi connectivity index (χ0) is 17.2. The maximum Gasteiger partial charge on any atom is 0.224 e. The summed E-state index contributed by atoms with van der Waals surface area (Å²) in [5.41, 5.74) is 1.41. The Morgan fingerprint density at radius 3 is 2.60 bits per heavy atom. The molecule has 1 amide bonds. The van der Waals surface area contributed by atoms with E-state index in [2.05, 4.69) is 30.5 Å². The Morgan fingerprint density at radius 2 is 1.88 bits per heavy atom. The summed E-state index contributed by atoms with van der Waals surface area (Å²) >= 11 is 0. The number of hydrogen-bond donors (Lipinski definition) is 2. The molecule has 2 N–H and O–H groups in total. The monoisotopic (exact) mass is 336 g/mol. The number of fused-ring (bicyclic) bond motifs is 2. The number of benzene rings is 1. The van der Waals surface area contributed by atoms with Crippen LogP contribution in [0.5, 0.6) is 0 Å². The molecule has 2 unspecified atom stereocenters. The molecular weight excluding hydrogens is 312 g/mol. The minimum atomic E-state index is -0.506. The normalized spacial score (nSPS) is 28.0. The van der Waals surface area contributed by atoms with Gasteiger partial charge in [0.05, 0.1) is 16.7 Å². The van der Waals surface area contributed by atoms with Gasteiger partial charge in [-0.1, -0.05) is 18.2 Å². The van der Waals surface area contributed by atoms with E-state index in [9.17, 15) is 4.79 Å². The van der Waals surface area contributed by atoms with Gasteiger partial charge in [0.25, 0.3) is 0 Å². The molecule has 2 atom stereocenters. The van der Waals surface area contributed by atoms with Gasteiger partial charge in [-0.15, -0.1) is 0 Å². The van der Waals surface area contributed by atoms with Crippen LogP contribution in [-0.2, 0) is 10.3 Å². The fourth-order valence-electron chi connectivity index (χ4n) is 4.35. The van der Waals surface area contributed by atoms with E-state index in [-0.39, 0.29) is 11.8 Å². The van der Waals surface area contributed by atoms with Crippen molar-refractivity contribution >= 4 is 16.8 Å². The summed E-state index contributed by atoms with van der Waals surface area (Å²) in [5.74, 6) is 2.83. The highest BCUT2D eigenvalue weighted by atomic mass is 16.2. The number of aromatic nitrogens is 2. The molecule has 1 aromatic heterocycles. The van der Waals surface area contributed by atoms with E-state index in [1.807, 2.05) is 18.2 Å². The summed E-state index contributed by atoms with van der Waals surface area (Å²) in [7, 11) is 0. The summed E-state index contributed by atoms with van der Waals surface area (Å²) < 4.78 is 0. The molecule has 2 aliphatic carbocycles. The fourth-order valence-corrected chi connectivity index (χ4v) is 4.35. The number of para-hydroxylation sites is 1. The Kier molecular flexibility index (Phi) is 3.20. The van der Waals surface area contributed by atoms with E-state index < -0.39 is 5.54 Å². The van der Waals surface area contributed by atoms with E-state index in [0.29, 0.717) is 17.8 Å². The van der Waals surface area contributed by atoms with Gasteiger partial charge < -0.3 is 10.6 Å². The van der Waals surface area contributed by atoms with Gasteiger partial charge in [-0.25, -0.2) is 9.97 Å². The van der Waals surface area contributed by atoms with Gasteiger partial charge in [-0.3, -0.25) is 4.79 Å². The molecule has 0 radical (unpaired) electrons. The number of hydrogen-bond acceptors (Lipinski definition) is 4. The van der Waals surface area contributed by atoms with Crippen LogP contribution in [0.15, 0.2) is 24.3 Å². The summed E-state index contributed by atoms with van der Waals surface area (Å²) in [5, 5.41) is 7.67. The predicted molar refractivity (Wildman–Crippen MR) is 96.0 cm³/mol. The van der Waals surface area contributed by atoms with Crippen molar-refractivity contribution in [2.75, 3.05) is 13.1 Å². The van der Waals surface area contributed by atoms with Crippen LogP contribution < -0.4 is 10.6 Å². The number of nitrogens with zero attached hydrogens (tertiary/aromatic N) is 2. The first-order chi connectivity index (χ1) is 12.0. The molecule has 0 spiro atoms. The van der Waals surface area contributed by atoms with E-state index in [1.165, 1.54) is 12.8 Å². The lowest BCUT2D eigenvalue weighted by Gasteiger charge is -2.28. The predicted octanol–water partition coefficient (Wildman–Crippen LogP) is 2.32. The molecule has 0 bridgehead atoms. The highest BCUT2D eigenvalue weighted by molar-refractivity contribution is 5.86. The first kappa shape index (κ1) is 15.3. The molecule has 3 aliphatic rings. The number of piperidine rings is 1. The number of nitrogens with one attached hydrogen (secondary N) is 2. The minimum Gasteiger partial charge on any atom is -0.345 e. The molecule has 5 nitrogen and oxygen atoms in total. The first-order valence-electron chi connectivity index (χ1n) is 9.34. The van der Waals surface area contributed by atoms with Crippen LogP contribution >= 0.6 is 0 Å². The van der Waals surface area contributed by atoms with Crippen LogP contribution in [0.3, 0.4) is 0 Å². The molecule has 2 aromatic rings. The minimum absolute atomic E-state index is 0.177. The largest absolute Gasteiger partial charge is 0.345 e. The smallest absolute Gasteiger partial charge is 0.224 e. The molecule has 1 saturated heterocycles. The van der Waals surface area contributed by atoms with Crippen LogP contribution in [0.4, 0.5) is 0 Å². The topological polar surface area (TPSA) is 66.9 Å². The lowest BCUT2D eigenvalue weighted by molar-refractivity contribution is -0.124. The Balaban J connectivity index is 1.49. The highest BCUT2D eigenvalue weighted by Crippen LogP contribution is 2.49. The lowest BCUT2D eigenvalue weighted by Crippen LogP contribution is -2.44. The standard InChI is InChI=1S/C20H24N4O/c1-20(2,24-19(25)16-13-9-21-10-14(13)16)17-12-5-3-4-6-15(12)22-18(23-17)11-7-8-11/h3-6,11,13-14,16,21H,7-10H2,1-2H3,(H,24,25). The Bertz CT molecular complexity index is 848. The van der Waals surface area contributed by atoms with Crippen molar-refractivity contribution in [3.8, 4) is 0 Å². The zero-order valence-corrected chi connectivity index (χ0v) is 14.7. The van der Waals surface area contributed by atoms with Crippen molar-refractivity contribution in [3.05, 3.63) is 35.8 Å². The SMILES string of the molecule is CC(C)(NC(=O)C1C2CNCC21)c1nc(C2CC2)nc2ccccc12. The second-order valence-corrected chi connectivity index (χ2v) is 8.35. The molecule has 1 aliphatic heterocycles. The number of carbonyl (C=O) groups excluding carboxylic acids is 1. The molecule has 2 heterocycles. The molecular formula is C20H24N4O. The van der Waals surface area contributed by atoms with Crippen molar-refractivity contribution in [1.82, 2.24) is 20.6 Å². The van der Waals surface area contributed by atoms with Crippen LogP contribution in [0.2, 0.25) is 0 Å². The van der Waals surface area contributed by atoms with E-state index in [1.54, 1.807) is 0 Å². The van der Waals surface area contributed by atoms with Gasteiger partial charge in [-0.05, 0) is 57.7 Å². The van der Waals surface area contributed by atoms with Gasteiger partial charge >= 0.3 is 0 Å². The van der Waals surface area contributed by atoms with Crippen molar-refractivity contribution in [2.45, 2.75) is 38.1 Å². The van der Waals surface area contributed by atoms with Crippen molar-refractivity contribution in [3.63, 3.8) is 0 Å². The molecule has 5 rings (SSSR count). The van der Waals surface area contributed by atoms with E-state index >= 15 is 0 Å². The average molecular weight is 336 g/mol. The van der Waals surface area contributed by atoms with E-state index in [4.69, 9.17) is 9.97 Å². The van der Waals surface area contributed by atoms with Crippen LogP contribution in [-0.4, -0.2) is 29.0 Å². The third kappa shape index (κ3) is 2.53. The summed E-state index contributed by atoms with van der Waals surface area (Å²) in [6.07, 6.45) is 2.34. The third-order valence-electron chi connectivity index (χ3n) is 5.99. The zero-order valence-electron chi connectivity index (χ0n) is 14.7. The summed E-state index contributed by atoms with van der Waals surface area (Å²) in [4.78, 5) is 22.4. The van der Waals surface area contributed by atoms with Gasteiger partial charge in [0.1, 0.15) is 5.82 Å². The van der Waals surface area contributed by atoms with Crippen LogP contribution in [0.25, 0.3) is 10.9 Å². The van der Waals surface area contributed by atoms with Crippen molar-refractivity contribution < 1.29 is 4.79 Å². The number of carbonyl (C=O) groups is 1. The van der Waals surface area contributed by atoms with Gasteiger partial charge in [0.2, 0.25) is 5.91 Å². The molecule has 2 saturated carbocycles. The fraction of sp³-hybridized carbons (Fsp3) is 0.550. The number of rotatable bonds is 4. The van der Waals surface area contributed by atoms with Crippen LogP contribution in [0.1, 0.15) is 44.1 Å². The summed E-state index contributed by atoms with van der Waals surface area (Å²) in [6.45, 7) is 6.08. The van der Waals surface area contributed by atoms with Crippen molar-refractivity contribution in [2.24, 2.45) is 17.8 Å². The Labute approximate surface area is 147 Å². The second kappa shape index (κ2) is 5.24. The Hall–Kier alpha value is -2.01. The number of amides is 1. The molecule has 25 heavy (non-hydrogen) atoms. The summed E-state index contributed by atoms with van der Waals surface area (Å²) in [6, 6.07) is 8.13. The van der Waals surface area contributed by atoms with Gasteiger partial charge in [0.15, 0.2) is 0 Å². The Morgan fingerprint density at radius 1 is 1.16 bits per heavy atom. The maximum absolute atomic E-state index is 12.8. The van der Waals surface area contributed by atoms with E-state index in [0.717, 1.165) is 35.5 Å². The molecule has 5 heteroatoms.